The number of carbonyl (C=O) groups excluding carboxylic acids is 1. The minimum absolute atomic E-state index is 0.144. The van der Waals surface area contributed by atoms with Gasteiger partial charge < -0.3 is 10.0 Å². The largest absolute Gasteiger partial charge is 0.507 e. The van der Waals surface area contributed by atoms with Gasteiger partial charge in [0.05, 0.1) is 11.3 Å². The summed E-state index contributed by atoms with van der Waals surface area (Å²) < 4.78 is 40.7. The zero-order chi connectivity index (χ0) is 22.5. The Morgan fingerprint density at radius 3 is 2.61 bits per heavy atom. The highest BCUT2D eigenvalue weighted by Gasteiger charge is 2.33. The van der Waals surface area contributed by atoms with E-state index in [1.807, 2.05) is 24.9 Å². The Hall–Kier alpha value is -3.10. The molecule has 4 rings (SSSR count). The van der Waals surface area contributed by atoms with E-state index in [1.54, 1.807) is 16.8 Å². The molecule has 1 aliphatic rings. The Labute approximate surface area is 177 Å². The SMILES string of the molecule is Cc1cc(C(F)(F)F)cc(O)c1-c1ccc2cn(C[C@H]3CC(=O)N(C(C)C)C3)nc2n1. The second-order valence-electron chi connectivity index (χ2n) is 8.36. The van der Waals surface area contributed by atoms with Gasteiger partial charge in [-0.25, -0.2) is 4.98 Å². The lowest BCUT2D eigenvalue weighted by Gasteiger charge is -2.20. The van der Waals surface area contributed by atoms with E-state index < -0.39 is 17.5 Å². The van der Waals surface area contributed by atoms with Crippen molar-refractivity contribution in [1.82, 2.24) is 19.7 Å². The molecular weight excluding hydrogens is 409 g/mol. The van der Waals surface area contributed by atoms with Crippen molar-refractivity contribution in [1.29, 1.82) is 0 Å². The molecule has 0 aliphatic carbocycles. The van der Waals surface area contributed by atoms with E-state index in [9.17, 15) is 23.1 Å². The molecule has 1 aromatic carbocycles. The number of halogens is 3. The summed E-state index contributed by atoms with van der Waals surface area (Å²) in [5.41, 5.74) is 0.401. The smallest absolute Gasteiger partial charge is 0.416 e. The highest BCUT2D eigenvalue weighted by Crippen LogP contribution is 2.38. The van der Waals surface area contributed by atoms with Gasteiger partial charge in [-0.1, -0.05) is 0 Å². The van der Waals surface area contributed by atoms with Crippen LogP contribution < -0.4 is 0 Å². The Kier molecular flexibility index (Phi) is 5.15. The van der Waals surface area contributed by atoms with Crippen LogP contribution in [-0.2, 0) is 17.5 Å². The fourth-order valence-corrected chi connectivity index (χ4v) is 4.14. The van der Waals surface area contributed by atoms with Gasteiger partial charge in [0.25, 0.3) is 0 Å². The average Bonchev–Trinajstić information content (AvgIpc) is 3.22. The van der Waals surface area contributed by atoms with Gasteiger partial charge in [0, 0.05) is 48.6 Å². The molecule has 31 heavy (non-hydrogen) atoms. The zero-order valence-electron chi connectivity index (χ0n) is 17.4. The van der Waals surface area contributed by atoms with Gasteiger partial charge in [0.2, 0.25) is 5.91 Å². The number of alkyl halides is 3. The first-order valence-corrected chi connectivity index (χ1v) is 10.1. The molecule has 0 spiro atoms. The zero-order valence-corrected chi connectivity index (χ0v) is 17.4. The minimum Gasteiger partial charge on any atom is -0.507 e. The summed E-state index contributed by atoms with van der Waals surface area (Å²) in [4.78, 5) is 18.5. The first-order valence-electron chi connectivity index (χ1n) is 10.1. The third-order valence-electron chi connectivity index (χ3n) is 5.62. The van der Waals surface area contributed by atoms with Crippen molar-refractivity contribution in [2.45, 2.75) is 46.0 Å². The molecule has 1 amide bonds. The number of nitrogens with zero attached hydrogens (tertiary/aromatic N) is 4. The summed E-state index contributed by atoms with van der Waals surface area (Å²) in [6.07, 6.45) is -2.22. The molecule has 2 aromatic heterocycles. The van der Waals surface area contributed by atoms with E-state index >= 15 is 0 Å². The number of aromatic hydroxyl groups is 1. The van der Waals surface area contributed by atoms with Crippen LogP contribution in [0.3, 0.4) is 0 Å². The molecule has 164 valence electrons. The lowest BCUT2D eigenvalue weighted by molar-refractivity contribution is -0.137. The maximum absolute atomic E-state index is 13.0. The van der Waals surface area contributed by atoms with Crippen LogP contribution in [0.25, 0.3) is 22.3 Å². The van der Waals surface area contributed by atoms with Gasteiger partial charge in [0.1, 0.15) is 5.75 Å². The van der Waals surface area contributed by atoms with Crippen molar-refractivity contribution in [3.8, 4) is 17.0 Å². The molecule has 1 N–H and O–H groups in total. The first kappa shape index (κ1) is 21.1. The number of amides is 1. The number of aromatic nitrogens is 3. The third kappa shape index (κ3) is 4.08. The van der Waals surface area contributed by atoms with E-state index in [0.29, 0.717) is 36.9 Å². The van der Waals surface area contributed by atoms with E-state index in [2.05, 4.69) is 10.1 Å². The average molecular weight is 432 g/mol. The van der Waals surface area contributed by atoms with Crippen LogP contribution >= 0.6 is 0 Å². The normalized spacial score (nSPS) is 17.3. The van der Waals surface area contributed by atoms with E-state index in [1.165, 1.54) is 6.92 Å². The third-order valence-corrected chi connectivity index (χ3v) is 5.62. The fraction of sp³-hybridized carbons (Fsp3) is 0.409. The molecule has 1 aliphatic heterocycles. The number of hydrogen-bond acceptors (Lipinski definition) is 4. The van der Waals surface area contributed by atoms with Crippen molar-refractivity contribution in [2.75, 3.05) is 6.54 Å². The lowest BCUT2D eigenvalue weighted by atomic mass is 10.00. The highest BCUT2D eigenvalue weighted by atomic mass is 19.4. The number of fused-ring (bicyclic) bond motifs is 1. The highest BCUT2D eigenvalue weighted by molar-refractivity contribution is 5.81. The second kappa shape index (κ2) is 7.55. The molecule has 0 bridgehead atoms. The summed E-state index contributed by atoms with van der Waals surface area (Å²) >= 11 is 0. The maximum Gasteiger partial charge on any atom is 0.416 e. The van der Waals surface area contributed by atoms with Crippen LogP contribution in [0.1, 0.15) is 31.4 Å². The van der Waals surface area contributed by atoms with Crippen LogP contribution in [0.4, 0.5) is 13.2 Å². The predicted octanol–water partition coefficient (Wildman–Crippen LogP) is 4.39. The number of phenolic OH excluding ortho intramolecular Hbond substituents is 1. The summed E-state index contributed by atoms with van der Waals surface area (Å²) in [5.74, 6) is -0.174. The second-order valence-corrected chi connectivity index (χ2v) is 8.36. The number of likely N-dealkylation sites (tertiary alicyclic amines) is 1. The molecule has 9 heteroatoms. The maximum atomic E-state index is 13.0. The van der Waals surface area contributed by atoms with Crippen LogP contribution in [-0.4, -0.2) is 43.3 Å². The summed E-state index contributed by atoms with van der Waals surface area (Å²) in [5, 5.41) is 15.5. The molecular formula is C22H23F3N4O2. The van der Waals surface area contributed by atoms with Gasteiger partial charge in [-0.05, 0) is 50.6 Å². The van der Waals surface area contributed by atoms with Crippen LogP contribution in [0.2, 0.25) is 0 Å². The molecule has 0 saturated carbocycles. The molecule has 0 radical (unpaired) electrons. The van der Waals surface area contributed by atoms with Gasteiger partial charge in [-0.15, -0.1) is 0 Å². The number of phenols is 1. The molecule has 1 fully saturated rings. The summed E-state index contributed by atoms with van der Waals surface area (Å²) in [6.45, 7) is 6.75. The predicted molar refractivity (Wildman–Crippen MR) is 109 cm³/mol. The molecule has 3 aromatic rings. The minimum atomic E-state index is -4.54. The van der Waals surface area contributed by atoms with Crippen molar-refractivity contribution in [3.05, 3.63) is 41.6 Å². The standard InChI is InChI=1S/C22H23F3N4O2/c1-12(2)29-10-14(7-19(29)31)9-28-11-15-4-5-17(26-21(15)27-28)20-13(3)6-16(8-18(20)30)22(23,24)25/h4-6,8,11-12,14,30H,7,9-10H2,1-3H3/t14-/m1/s1. The number of benzene rings is 1. The molecule has 1 saturated heterocycles. The van der Waals surface area contributed by atoms with Crippen LogP contribution in [0.5, 0.6) is 5.75 Å². The molecule has 6 nitrogen and oxygen atoms in total. The van der Waals surface area contributed by atoms with E-state index in [-0.39, 0.29) is 29.0 Å². The van der Waals surface area contributed by atoms with E-state index in [0.717, 1.165) is 11.5 Å². The summed E-state index contributed by atoms with van der Waals surface area (Å²) in [7, 11) is 0. The number of hydrogen-bond donors (Lipinski definition) is 1. The molecule has 0 unspecified atom stereocenters. The Morgan fingerprint density at radius 1 is 1.26 bits per heavy atom. The van der Waals surface area contributed by atoms with Gasteiger partial charge in [-0.2, -0.15) is 18.3 Å². The molecule has 3 heterocycles. The van der Waals surface area contributed by atoms with Gasteiger partial charge in [-0.3, -0.25) is 9.48 Å². The van der Waals surface area contributed by atoms with Crippen molar-refractivity contribution in [2.24, 2.45) is 5.92 Å². The van der Waals surface area contributed by atoms with Gasteiger partial charge >= 0.3 is 6.18 Å². The Bertz CT molecular complexity index is 1130. The Balaban J connectivity index is 1.61. The lowest BCUT2D eigenvalue weighted by Crippen LogP contribution is -2.32. The van der Waals surface area contributed by atoms with Crippen molar-refractivity contribution < 1.29 is 23.1 Å². The molecule has 1 atom stereocenters. The van der Waals surface area contributed by atoms with Gasteiger partial charge in [0.15, 0.2) is 5.65 Å². The fourth-order valence-electron chi connectivity index (χ4n) is 4.14. The van der Waals surface area contributed by atoms with E-state index in [4.69, 9.17) is 0 Å². The summed E-state index contributed by atoms with van der Waals surface area (Å²) in [6, 6.07) is 5.31. The monoisotopic (exact) mass is 432 g/mol. The number of pyridine rings is 1. The van der Waals surface area contributed by atoms with Crippen LogP contribution in [0.15, 0.2) is 30.5 Å². The Morgan fingerprint density at radius 2 is 2.00 bits per heavy atom. The first-order chi connectivity index (χ1) is 14.5. The van der Waals surface area contributed by atoms with Crippen molar-refractivity contribution in [3.63, 3.8) is 0 Å². The topological polar surface area (TPSA) is 71.2 Å². The number of carbonyl (C=O) groups is 1. The number of aryl methyl sites for hydroxylation is 1. The van der Waals surface area contributed by atoms with Crippen LogP contribution in [0, 0.1) is 12.8 Å². The number of rotatable bonds is 4. The quantitative estimate of drug-likeness (QED) is 0.664. The van der Waals surface area contributed by atoms with Crippen molar-refractivity contribution >= 4 is 16.9 Å².